The summed E-state index contributed by atoms with van der Waals surface area (Å²) >= 11 is 0. The molecular formula is C20H33N3O. The molecule has 24 heavy (non-hydrogen) atoms. The maximum atomic E-state index is 12.5. The molecule has 0 unspecified atom stereocenters. The predicted octanol–water partition coefficient (Wildman–Crippen LogP) is 2.76. The van der Waals surface area contributed by atoms with Gasteiger partial charge in [0.25, 0.3) is 0 Å². The average Bonchev–Trinajstić information content (AvgIpc) is 2.58. The highest BCUT2D eigenvalue weighted by Crippen LogP contribution is 2.12. The van der Waals surface area contributed by atoms with Crippen LogP contribution in [0.15, 0.2) is 24.3 Å². The third-order valence-corrected chi connectivity index (χ3v) is 4.82. The molecule has 0 atom stereocenters. The normalized spacial score (nSPS) is 16.3. The second-order valence-corrected chi connectivity index (χ2v) is 6.86. The molecule has 0 N–H and O–H groups in total. The molecule has 0 aliphatic carbocycles. The van der Waals surface area contributed by atoms with E-state index in [0.717, 1.165) is 58.7 Å². The van der Waals surface area contributed by atoms with E-state index in [9.17, 15) is 4.79 Å². The van der Waals surface area contributed by atoms with Gasteiger partial charge in [-0.25, -0.2) is 0 Å². The van der Waals surface area contributed by atoms with Gasteiger partial charge in [-0.1, -0.05) is 38.1 Å². The maximum absolute atomic E-state index is 12.5. The van der Waals surface area contributed by atoms with Crippen LogP contribution in [0, 0.1) is 6.92 Å². The van der Waals surface area contributed by atoms with Crippen LogP contribution in [-0.2, 0) is 11.3 Å². The summed E-state index contributed by atoms with van der Waals surface area (Å²) in [6.45, 7) is 13.9. The molecule has 1 heterocycles. The van der Waals surface area contributed by atoms with Crippen LogP contribution in [-0.4, -0.2) is 66.4 Å². The van der Waals surface area contributed by atoms with Crippen LogP contribution in [0.4, 0.5) is 0 Å². The Labute approximate surface area is 147 Å². The van der Waals surface area contributed by atoms with Crippen molar-refractivity contribution in [2.24, 2.45) is 0 Å². The van der Waals surface area contributed by atoms with Gasteiger partial charge in [0.05, 0.1) is 6.54 Å². The zero-order valence-electron chi connectivity index (χ0n) is 15.6. The van der Waals surface area contributed by atoms with Crippen molar-refractivity contribution in [3.8, 4) is 0 Å². The molecule has 1 aromatic rings. The Hall–Kier alpha value is -1.39. The van der Waals surface area contributed by atoms with Crippen LogP contribution >= 0.6 is 0 Å². The van der Waals surface area contributed by atoms with Crippen LogP contribution in [0.25, 0.3) is 0 Å². The second-order valence-electron chi connectivity index (χ2n) is 6.86. The number of hydrogen-bond donors (Lipinski definition) is 0. The van der Waals surface area contributed by atoms with Crippen molar-refractivity contribution >= 4 is 5.91 Å². The molecule has 0 spiro atoms. The molecule has 134 valence electrons. The van der Waals surface area contributed by atoms with Gasteiger partial charge in [0.1, 0.15) is 0 Å². The SMILES string of the molecule is CCCN(CCC)C(=O)CN1CCN(Cc2ccccc2C)CC1. The number of nitrogens with zero attached hydrogens (tertiary/aromatic N) is 3. The number of aryl methyl sites for hydroxylation is 1. The molecule has 1 aliphatic rings. The Balaban J connectivity index is 1.78. The molecule has 2 rings (SSSR count). The summed E-state index contributed by atoms with van der Waals surface area (Å²) in [6, 6.07) is 8.62. The van der Waals surface area contributed by atoms with Gasteiger partial charge in [0.2, 0.25) is 5.91 Å². The first-order chi connectivity index (χ1) is 11.6. The third kappa shape index (κ3) is 5.60. The summed E-state index contributed by atoms with van der Waals surface area (Å²) in [5, 5.41) is 0. The van der Waals surface area contributed by atoms with Crippen molar-refractivity contribution in [1.82, 2.24) is 14.7 Å². The molecule has 0 saturated carbocycles. The van der Waals surface area contributed by atoms with Gasteiger partial charge in [-0.2, -0.15) is 0 Å². The van der Waals surface area contributed by atoms with Crippen molar-refractivity contribution < 1.29 is 4.79 Å². The van der Waals surface area contributed by atoms with Gasteiger partial charge >= 0.3 is 0 Å². The molecule has 4 heteroatoms. The number of rotatable bonds is 8. The van der Waals surface area contributed by atoms with E-state index >= 15 is 0 Å². The van der Waals surface area contributed by atoms with Gasteiger partial charge in [0, 0.05) is 45.8 Å². The largest absolute Gasteiger partial charge is 0.342 e. The standard InChI is InChI=1S/C20H33N3O/c1-4-10-23(11-5-2)20(24)17-22-14-12-21(13-15-22)16-19-9-7-6-8-18(19)3/h6-9H,4-5,10-17H2,1-3H3. The highest BCUT2D eigenvalue weighted by molar-refractivity contribution is 5.78. The van der Waals surface area contributed by atoms with E-state index in [-0.39, 0.29) is 0 Å². The predicted molar refractivity (Wildman–Crippen MR) is 100 cm³/mol. The Kier molecular flexibility index (Phi) is 7.73. The zero-order valence-corrected chi connectivity index (χ0v) is 15.6. The summed E-state index contributed by atoms with van der Waals surface area (Å²) in [7, 11) is 0. The number of hydrogen-bond acceptors (Lipinski definition) is 3. The molecule has 0 aromatic heterocycles. The van der Waals surface area contributed by atoms with Crippen LogP contribution in [0.5, 0.6) is 0 Å². The molecule has 0 bridgehead atoms. The van der Waals surface area contributed by atoms with E-state index in [0.29, 0.717) is 12.5 Å². The lowest BCUT2D eigenvalue weighted by Gasteiger charge is -2.35. The molecular weight excluding hydrogens is 298 g/mol. The summed E-state index contributed by atoms with van der Waals surface area (Å²) in [6.07, 6.45) is 2.08. The summed E-state index contributed by atoms with van der Waals surface area (Å²) < 4.78 is 0. The molecule has 0 radical (unpaired) electrons. The van der Waals surface area contributed by atoms with Crippen LogP contribution in [0.3, 0.4) is 0 Å². The topological polar surface area (TPSA) is 26.8 Å². The quantitative estimate of drug-likeness (QED) is 0.733. The van der Waals surface area contributed by atoms with E-state index in [1.54, 1.807) is 0 Å². The maximum Gasteiger partial charge on any atom is 0.236 e. The molecule has 1 amide bonds. The first-order valence-electron chi connectivity index (χ1n) is 9.41. The van der Waals surface area contributed by atoms with Gasteiger partial charge in [0.15, 0.2) is 0 Å². The number of benzene rings is 1. The number of amides is 1. The van der Waals surface area contributed by atoms with Crippen LogP contribution < -0.4 is 0 Å². The first-order valence-corrected chi connectivity index (χ1v) is 9.41. The number of piperazine rings is 1. The Bertz CT molecular complexity index is 503. The smallest absolute Gasteiger partial charge is 0.236 e. The van der Waals surface area contributed by atoms with Crippen molar-refractivity contribution in [2.75, 3.05) is 45.8 Å². The fraction of sp³-hybridized carbons (Fsp3) is 0.650. The fourth-order valence-electron chi connectivity index (χ4n) is 3.33. The highest BCUT2D eigenvalue weighted by atomic mass is 16.2. The Morgan fingerprint density at radius 3 is 2.17 bits per heavy atom. The molecule has 1 saturated heterocycles. The minimum atomic E-state index is 0.297. The lowest BCUT2D eigenvalue weighted by molar-refractivity contribution is -0.133. The molecule has 1 aliphatic heterocycles. The minimum absolute atomic E-state index is 0.297. The first kappa shape index (κ1) is 18.9. The summed E-state index contributed by atoms with van der Waals surface area (Å²) in [5.74, 6) is 0.297. The summed E-state index contributed by atoms with van der Waals surface area (Å²) in [4.78, 5) is 19.3. The average molecular weight is 332 g/mol. The van der Waals surface area contributed by atoms with E-state index < -0.39 is 0 Å². The van der Waals surface area contributed by atoms with Crippen molar-refractivity contribution in [3.05, 3.63) is 35.4 Å². The van der Waals surface area contributed by atoms with Gasteiger partial charge in [-0.3, -0.25) is 14.6 Å². The van der Waals surface area contributed by atoms with Gasteiger partial charge in [-0.05, 0) is 30.9 Å². The van der Waals surface area contributed by atoms with E-state index in [4.69, 9.17) is 0 Å². The Morgan fingerprint density at radius 2 is 1.58 bits per heavy atom. The summed E-state index contributed by atoms with van der Waals surface area (Å²) in [5.41, 5.74) is 2.78. The van der Waals surface area contributed by atoms with Gasteiger partial charge in [-0.15, -0.1) is 0 Å². The highest BCUT2D eigenvalue weighted by Gasteiger charge is 2.21. The van der Waals surface area contributed by atoms with E-state index in [2.05, 4.69) is 54.8 Å². The third-order valence-electron chi connectivity index (χ3n) is 4.82. The van der Waals surface area contributed by atoms with Crippen molar-refractivity contribution in [3.63, 3.8) is 0 Å². The van der Waals surface area contributed by atoms with Crippen LogP contribution in [0.2, 0.25) is 0 Å². The fourth-order valence-corrected chi connectivity index (χ4v) is 3.33. The minimum Gasteiger partial charge on any atom is -0.342 e. The monoisotopic (exact) mass is 331 g/mol. The Morgan fingerprint density at radius 1 is 1.00 bits per heavy atom. The lowest BCUT2D eigenvalue weighted by Crippen LogP contribution is -2.50. The van der Waals surface area contributed by atoms with Crippen molar-refractivity contribution in [2.45, 2.75) is 40.2 Å². The molecule has 1 fully saturated rings. The second kappa shape index (κ2) is 9.80. The van der Waals surface area contributed by atoms with Gasteiger partial charge < -0.3 is 4.90 Å². The number of carbonyl (C=O) groups is 1. The molecule has 4 nitrogen and oxygen atoms in total. The van der Waals surface area contributed by atoms with E-state index in [1.807, 2.05) is 4.90 Å². The lowest BCUT2D eigenvalue weighted by atomic mass is 10.1. The zero-order chi connectivity index (χ0) is 17.4. The molecule has 1 aromatic carbocycles. The number of carbonyl (C=O) groups excluding carboxylic acids is 1. The van der Waals surface area contributed by atoms with Crippen LogP contribution in [0.1, 0.15) is 37.8 Å². The van der Waals surface area contributed by atoms with Crippen molar-refractivity contribution in [1.29, 1.82) is 0 Å². The van der Waals surface area contributed by atoms with E-state index in [1.165, 1.54) is 11.1 Å².